The summed E-state index contributed by atoms with van der Waals surface area (Å²) in [7, 11) is 0. The van der Waals surface area contributed by atoms with Crippen LogP contribution >= 0.6 is 15.9 Å². The van der Waals surface area contributed by atoms with Crippen molar-refractivity contribution in [3.05, 3.63) is 42.5 Å². The Morgan fingerprint density at radius 1 is 1.09 bits per heavy atom. The molecular formula is C24H31BrN2O6. The first-order valence-corrected chi connectivity index (χ1v) is 11.6. The summed E-state index contributed by atoms with van der Waals surface area (Å²) in [5.41, 5.74) is -0.207. The maximum atomic E-state index is 13.4. The first kappa shape index (κ1) is 25.1. The van der Waals surface area contributed by atoms with E-state index in [2.05, 4.69) is 22.5 Å². The van der Waals surface area contributed by atoms with E-state index in [1.54, 1.807) is 53.7 Å². The Labute approximate surface area is 203 Å². The Bertz CT molecular complexity index is 966. The van der Waals surface area contributed by atoms with Gasteiger partial charge >= 0.3 is 18.2 Å². The van der Waals surface area contributed by atoms with Gasteiger partial charge in [-0.25, -0.2) is 14.4 Å². The third kappa shape index (κ3) is 4.88. The van der Waals surface area contributed by atoms with E-state index in [1.165, 1.54) is 15.9 Å². The predicted molar refractivity (Wildman–Crippen MR) is 127 cm³/mol. The molecule has 0 bridgehead atoms. The number of alkyl halides is 1. The first-order chi connectivity index (χ1) is 15.2. The number of hydrogen-bond acceptors (Lipinski definition) is 6. The van der Waals surface area contributed by atoms with Crippen molar-refractivity contribution in [3.63, 3.8) is 0 Å². The summed E-state index contributed by atoms with van der Waals surface area (Å²) in [5, 5.41) is 0. The highest BCUT2D eigenvalue weighted by Crippen LogP contribution is 2.58. The van der Waals surface area contributed by atoms with Gasteiger partial charge in [0.05, 0.1) is 10.0 Å². The van der Waals surface area contributed by atoms with E-state index >= 15 is 0 Å². The lowest BCUT2D eigenvalue weighted by Crippen LogP contribution is -2.57. The SMILES string of the molecule is C=CCOC(=O)[C@@H]1C[C@]2(Br)c3ccccc3N(C(=O)OC(C)(C)C)[C@@H]2N1C(=O)OC(C)(C)C. The van der Waals surface area contributed by atoms with Crippen LogP contribution in [-0.4, -0.2) is 53.1 Å². The van der Waals surface area contributed by atoms with Gasteiger partial charge in [0.25, 0.3) is 0 Å². The minimum absolute atomic E-state index is 0.00378. The van der Waals surface area contributed by atoms with Crippen molar-refractivity contribution in [2.24, 2.45) is 0 Å². The van der Waals surface area contributed by atoms with Crippen molar-refractivity contribution in [2.45, 2.75) is 75.7 Å². The minimum atomic E-state index is -0.984. The molecule has 1 aromatic carbocycles. The van der Waals surface area contributed by atoms with E-state index in [-0.39, 0.29) is 13.0 Å². The van der Waals surface area contributed by atoms with Crippen molar-refractivity contribution in [1.82, 2.24) is 4.90 Å². The summed E-state index contributed by atoms with van der Waals surface area (Å²) in [4.78, 5) is 42.5. The van der Waals surface area contributed by atoms with Gasteiger partial charge in [0, 0.05) is 6.42 Å². The molecule has 9 heteroatoms. The molecule has 33 heavy (non-hydrogen) atoms. The van der Waals surface area contributed by atoms with Crippen molar-refractivity contribution >= 4 is 39.8 Å². The van der Waals surface area contributed by atoms with Crippen LogP contribution in [0, 0.1) is 0 Å². The fourth-order valence-corrected chi connectivity index (χ4v) is 5.17. The second-order valence-electron chi connectivity index (χ2n) is 10.1. The summed E-state index contributed by atoms with van der Waals surface area (Å²) in [6, 6.07) is 6.33. The second kappa shape index (κ2) is 8.66. The summed E-state index contributed by atoms with van der Waals surface area (Å²) < 4.78 is 15.7. The molecule has 8 nitrogen and oxygen atoms in total. The molecule has 3 atom stereocenters. The van der Waals surface area contributed by atoms with Gasteiger partial charge in [-0.05, 0) is 53.2 Å². The molecule has 2 amide bonds. The lowest BCUT2D eigenvalue weighted by molar-refractivity contribution is -0.148. The average Bonchev–Trinajstić information content (AvgIpc) is 3.11. The number of esters is 1. The summed E-state index contributed by atoms with van der Waals surface area (Å²) in [6.45, 7) is 14.1. The van der Waals surface area contributed by atoms with Crippen LogP contribution in [0.2, 0.25) is 0 Å². The van der Waals surface area contributed by atoms with Crippen LogP contribution in [-0.2, 0) is 23.3 Å². The molecular weight excluding hydrogens is 492 g/mol. The quantitative estimate of drug-likeness (QED) is 0.237. The molecule has 0 N–H and O–H groups in total. The number of carbonyl (C=O) groups is 3. The molecule has 1 saturated heterocycles. The van der Waals surface area contributed by atoms with Gasteiger partial charge in [0.15, 0.2) is 0 Å². The molecule has 2 aliphatic rings. The molecule has 1 aromatic rings. The van der Waals surface area contributed by atoms with Gasteiger partial charge in [0.2, 0.25) is 0 Å². The van der Waals surface area contributed by atoms with Crippen LogP contribution in [0.3, 0.4) is 0 Å². The van der Waals surface area contributed by atoms with Crippen LogP contribution in [0.25, 0.3) is 0 Å². The largest absolute Gasteiger partial charge is 0.460 e. The third-order valence-electron chi connectivity index (χ3n) is 5.16. The molecule has 0 aromatic heterocycles. The van der Waals surface area contributed by atoms with E-state index in [9.17, 15) is 14.4 Å². The van der Waals surface area contributed by atoms with Crippen LogP contribution in [0.4, 0.5) is 15.3 Å². The van der Waals surface area contributed by atoms with Gasteiger partial charge in [0.1, 0.15) is 30.0 Å². The van der Waals surface area contributed by atoms with Gasteiger partial charge in [-0.3, -0.25) is 9.80 Å². The number of amides is 2. The second-order valence-corrected chi connectivity index (χ2v) is 11.5. The van der Waals surface area contributed by atoms with E-state index in [1.807, 2.05) is 12.1 Å². The van der Waals surface area contributed by atoms with E-state index in [0.29, 0.717) is 5.69 Å². The smallest absolute Gasteiger partial charge is 0.416 e. The highest BCUT2D eigenvalue weighted by atomic mass is 79.9. The Morgan fingerprint density at radius 3 is 2.24 bits per heavy atom. The molecule has 0 radical (unpaired) electrons. The standard InChI is InChI=1S/C24H31BrN2O6/c1-8-13-31-18(28)17-14-24(25)15-11-9-10-12-16(15)26(20(29)32-22(2,3)4)19(24)27(17)21(30)33-23(5,6)7/h8-12,17,19H,1,13-14H2,2-7H3/t17-,19+,24-/m0/s1. The predicted octanol–water partition coefficient (Wildman–Crippen LogP) is 5.10. The number of rotatable bonds is 3. The van der Waals surface area contributed by atoms with Gasteiger partial charge in [-0.15, -0.1) is 0 Å². The molecule has 0 saturated carbocycles. The van der Waals surface area contributed by atoms with Crippen molar-refractivity contribution in [1.29, 1.82) is 0 Å². The number of ether oxygens (including phenoxy) is 3. The number of nitrogens with zero attached hydrogens (tertiary/aromatic N) is 2. The number of para-hydroxylation sites is 1. The molecule has 3 rings (SSSR count). The zero-order valence-electron chi connectivity index (χ0n) is 19.9. The van der Waals surface area contributed by atoms with Crippen molar-refractivity contribution < 1.29 is 28.6 Å². The van der Waals surface area contributed by atoms with Crippen molar-refractivity contribution in [3.8, 4) is 0 Å². The summed E-state index contributed by atoms with van der Waals surface area (Å²) >= 11 is 3.80. The van der Waals surface area contributed by atoms with Crippen molar-refractivity contribution in [2.75, 3.05) is 11.5 Å². The molecule has 2 aliphatic heterocycles. The highest BCUT2D eigenvalue weighted by Gasteiger charge is 2.65. The van der Waals surface area contributed by atoms with Crippen LogP contribution in [0.15, 0.2) is 36.9 Å². The Kier molecular flexibility index (Phi) is 6.59. The zero-order chi connectivity index (χ0) is 24.8. The summed E-state index contributed by atoms with van der Waals surface area (Å²) in [6.07, 6.45) is -0.618. The normalized spacial score (nSPS) is 24.1. The lowest BCUT2D eigenvalue weighted by Gasteiger charge is -2.37. The molecule has 1 fully saturated rings. The first-order valence-electron chi connectivity index (χ1n) is 10.8. The Morgan fingerprint density at radius 2 is 1.67 bits per heavy atom. The maximum Gasteiger partial charge on any atom is 0.416 e. The minimum Gasteiger partial charge on any atom is -0.460 e. The number of benzene rings is 1. The molecule has 0 aliphatic carbocycles. The molecule has 2 heterocycles. The molecule has 0 unspecified atom stereocenters. The number of hydrogen-bond donors (Lipinski definition) is 0. The average molecular weight is 523 g/mol. The summed E-state index contributed by atoms with van der Waals surface area (Å²) in [5.74, 6) is -0.601. The Hall–Kier alpha value is -2.55. The van der Waals surface area contributed by atoms with Crippen LogP contribution in [0.5, 0.6) is 0 Å². The topological polar surface area (TPSA) is 85.4 Å². The highest BCUT2D eigenvalue weighted by molar-refractivity contribution is 9.09. The number of likely N-dealkylation sites (tertiary alicyclic amines) is 1. The van der Waals surface area contributed by atoms with Gasteiger partial charge in [-0.1, -0.05) is 46.8 Å². The molecule has 0 spiro atoms. The number of anilines is 1. The van der Waals surface area contributed by atoms with Crippen LogP contribution in [0.1, 0.15) is 53.5 Å². The fourth-order valence-electron chi connectivity index (χ4n) is 4.11. The lowest BCUT2D eigenvalue weighted by atomic mass is 9.96. The third-order valence-corrected chi connectivity index (χ3v) is 6.33. The van der Waals surface area contributed by atoms with E-state index in [0.717, 1.165) is 5.56 Å². The molecule has 180 valence electrons. The van der Waals surface area contributed by atoms with E-state index in [4.69, 9.17) is 14.2 Å². The van der Waals surface area contributed by atoms with Gasteiger partial charge < -0.3 is 14.2 Å². The monoisotopic (exact) mass is 522 g/mol. The van der Waals surface area contributed by atoms with Gasteiger partial charge in [-0.2, -0.15) is 0 Å². The number of halogens is 1. The number of fused-ring (bicyclic) bond motifs is 3. The van der Waals surface area contributed by atoms with Crippen LogP contribution < -0.4 is 4.90 Å². The maximum absolute atomic E-state index is 13.4. The number of carbonyl (C=O) groups excluding carboxylic acids is 3. The zero-order valence-corrected chi connectivity index (χ0v) is 21.5. The van der Waals surface area contributed by atoms with E-state index < -0.39 is 45.9 Å². The fraction of sp³-hybridized carbons (Fsp3) is 0.542. The Balaban J connectivity index is 2.13.